The Bertz CT molecular complexity index is 1120. The van der Waals surface area contributed by atoms with Gasteiger partial charge >= 0.3 is 6.18 Å². The van der Waals surface area contributed by atoms with Crippen LogP contribution in [0.2, 0.25) is 0 Å². The largest absolute Gasteiger partial charge is 0.484 e. The number of carbonyl (C=O) groups is 2. The number of halogens is 3. The maximum atomic E-state index is 12.7. The normalized spacial score (nSPS) is 11.2. The number of rotatable bonds is 5. The second-order valence-corrected chi connectivity index (χ2v) is 7.07. The molecule has 0 saturated heterocycles. The summed E-state index contributed by atoms with van der Waals surface area (Å²) < 4.78 is 44.7. The average molecular weight is 447 g/mol. The molecule has 8 nitrogen and oxygen atoms in total. The van der Waals surface area contributed by atoms with Gasteiger partial charge in [-0.25, -0.2) is 9.67 Å². The molecule has 0 spiro atoms. The van der Waals surface area contributed by atoms with Gasteiger partial charge in [0.2, 0.25) is 0 Å². The first-order chi connectivity index (χ1) is 15.0. The van der Waals surface area contributed by atoms with Gasteiger partial charge in [0.1, 0.15) is 5.75 Å². The molecule has 168 valence electrons. The number of hydrogen-bond acceptors (Lipinski definition) is 5. The highest BCUT2D eigenvalue weighted by Gasteiger charge is 2.30. The van der Waals surface area contributed by atoms with Crippen LogP contribution in [0.4, 0.5) is 13.2 Å². The predicted octanol–water partition coefficient (Wildman–Crippen LogP) is 3.05. The Labute approximate surface area is 181 Å². The van der Waals surface area contributed by atoms with Crippen LogP contribution in [-0.2, 0) is 11.0 Å². The highest BCUT2D eigenvalue weighted by atomic mass is 19.4. The zero-order chi connectivity index (χ0) is 23.5. The lowest BCUT2D eigenvalue weighted by Crippen LogP contribution is -2.44. The predicted molar refractivity (Wildman–Crippen MR) is 108 cm³/mol. The Kier molecular flexibility index (Phi) is 6.47. The number of aryl methyl sites for hydroxylation is 2. The topological polar surface area (TPSA) is 98.1 Å². The number of alkyl halides is 3. The summed E-state index contributed by atoms with van der Waals surface area (Å²) in [6, 6.07) is 7.56. The van der Waals surface area contributed by atoms with Crippen molar-refractivity contribution in [3.63, 3.8) is 0 Å². The third kappa shape index (κ3) is 5.42. The lowest BCUT2D eigenvalue weighted by molar-refractivity contribution is -0.137. The van der Waals surface area contributed by atoms with Gasteiger partial charge in [-0.15, -0.1) is 0 Å². The number of benzene rings is 1. The summed E-state index contributed by atoms with van der Waals surface area (Å²) in [6.45, 7) is 5.05. The first-order valence-electron chi connectivity index (χ1n) is 9.43. The van der Waals surface area contributed by atoms with Crippen LogP contribution in [0.3, 0.4) is 0 Å². The van der Waals surface area contributed by atoms with Crippen LogP contribution in [0.25, 0.3) is 5.82 Å². The van der Waals surface area contributed by atoms with Gasteiger partial charge in [-0.1, -0.05) is 6.07 Å². The molecule has 3 rings (SSSR count). The van der Waals surface area contributed by atoms with E-state index in [1.54, 1.807) is 19.1 Å². The summed E-state index contributed by atoms with van der Waals surface area (Å²) in [5.41, 5.74) is 6.02. The van der Waals surface area contributed by atoms with E-state index in [0.29, 0.717) is 17.6 Å². The van der Waals surface area contributed by atoms with Gasteiger partial charge in [-0.05, 0) is 56.2 Å². The summed E-state index contributed by atoms with van der Waals surface area (Å²) in [7, 11) is 0. The Hall–Kier alpha value is -3.89. The number of nitrogens with one attached hydrogen (secondary N) is 2. The van der Waals surface area contributed by atoms with Crippen molar-refractivity contribution in [2.75, 3.05) is 6.61 Å². The average Bonchev–Trinajstić information content (AvgIpc) is 3.10. The molecule has 0 aliphatic rings. The van der Waals surface area contributed by atoms with Crippen molar-refractivity contribution in [3.05, 3.63) is 70.7 Å². The van der Waals surface area contributed by atoms with Crippen molar-refractivity contribution in [2.24, 2.45) is 0 Å². The van der Waals surface area contributed by atoms with E-state index < -0.39 is 23.6 Å². The number of aromatic nitrogens is 3. The molecule has 11 heteroatoms. The number of hydrogen-bond donors (Lipinski definition) is 2. The molecule has 2 aromatic heterocycles. The number of carbonyl (C=O) groups excluding carboxylic acids is 2. The highest BCUT2D eigenvalue weighted by molar-refractivity contribution is 5.96. The Balaban J connectivity index is 1.59. The summed E-state index contributed by atoms with van der Waals surface area (Å²) in [6.07, 6.45) is -2.59. The number of hydrazine groups is 1. The fourth-order valence-electron chi connectivity index (χ4n) is 2.94. The third-order valence-corrected chi connectivity index (χ3v) is 4.43. The van der Waals surface area contributed by atoms with Gasteiger partial charge in [0.05, 0.1) is 23.0 Å². The number of nitrogens with zero attached hydrogens (tertiary/aromatic N) is 3. The SMILES string of the molecule is Cc1cc(C)cc(OCC(=O)NNC(=O)c2cnn(-c3ccc(C(F)(F)F)cn3)c2C)c1. The third-order valence-electron chi connectivity index (χ3n) is 4.43. The van der Waals surface area contributed by atoms with Crippen LogP contribution >= 0.6 is 0 Å². The first-order valence-corrected chi connectivity index (χ1v) is 9.43. The molecule has 0 fully saturated rings. The van der Waals surface area contributed by atoms with Gasteiger partial charge in [0.15, 0.2) is 12.4 Å². The molecule has 32 heavy (non-hydrogen) atoms. The quantitative estimate of drug-likeness (QED) is 0.586. The smallest absolute Gasteiger partial charge is 0.417 e. The number of pyridine rings is 1. The summed E-state index contributed by atoms with van der Waals surface area (Å²) in [5, 5.41) is 3.99. The fraction of sp³-hybridized carbons (Fsp3) is 0.238. The molecule has 0 aliphatic carbocycles. The van der Waals surface area contributed by atoms with E-state index in [1.165, 1.54) is 10.9 Å². The zero-order valence-corrected chi connectivity index (χ0v) is 17.4. The Morgan fingerprint density at radius 1 is 1.03 bits per heavy atom. The Morgan fingerprint density at radius 2 is 1.72 bits per heavy atom. The summed E-state index contributed by atoms with van der Waals surface area (Å²) in [5.74, 6) is -0.585. The van der Waals surface area contributed by atoms with E-state index in [0.717, 1.165) is 23.3 Å². The molecule has 0 radical (unpaired) electrons. The van der Waals surface area contributed by atoms with Crippen molar-refractivity contribution < 1.29 is 27.5 Å². The van der Waals surface area contributed by atoms with Gasteiger partial charge in [-0.3, -0.25) is 20.4 Å². The number of ether oxygens (including phenoxy) is 1. The van der Waals surface area contributed by atoms with Gasteiger partial charge in [-0.2, -0.15) is 18.3 Å². The molecule has 0 aliphatic heterocycles. The summed E-state index contributed by atoms with van der Waals surface area (Å²) in [4.78, 5) is 28.1. The molecule has 2 heterocycles. The molecule has 0 unspecified atom stereocenters. The van der Waals surface area contributed by atoms with Gasteiger partial charge in [0.25, 0.3) is 11.8 Å². The molecule has 2 N–H and O–H groups in total. The van der Waals surface area contributed by atoms with Crippen molar-refractivity contribution in [1.82, 2.24) is 25.6 Å². The molecule has 0 saturated carbocycles. The lowest BCUT2D eigenvalue weighted by Gasteiger charge is -2.10. The van der Waals surface area contributed by atoms with Crippen molar-refractivity contribution in [1.29, 1.82) is 0 Å². The maximum Gasteiger partial charge on any atom is 0.417 e. The van der Waals surface area contributed by atoms with Crippen molar-refractivity contribution >= 4 is 11.8 Å². The second kappa shape index (κ2) is 9.08. The van der Waals surface area contributed by atoms with E-state index in [2.05, 4.69) is 20.9 Å². The zero-order valence-electron chi connectivity index (χ0n) is 17.4. The van der Waals surface area contributed by atoms with Crippen molar-refractivity contribution in [3.8, 4) is 11.6 Å². The standard InChI is InChI=1S/C21H20F3N5O3/c1-12-6-13(2)8-16(7-12)32-11-19(30)27-28-20(31)17-10-26-29(14(17)3)18-5-4-15(9-25-18)21(22,23)24/h4-10H,11H2,1-3H3,(H,27,30)(H,28,31). The number of amides is 2. The minimum Gasteiger partial charge on any atom is -0.484 e. The minimum absolute atomic E-state index is 0.112. The van der Waals surface area contributed by atoms with Crippen LogP contribution < -0.4 is 15.6 Å². The fourth-order valence-corrected chi connectivity index (χ4v) is 2.94. The second-order valence-electron chi connectivity index (χ2n) is 7.07. The molecule has 1 aromatic carbocycles. The molecule has 0 bridgehead atoms. The van der Waals surface area contributed by atoms with E-state index in [-0.39, 0.29) is 18.0 Å². The van der Waals surface area contributed by atoms with Crippen LogP contribution in [0.5, 0.6) is 5.75 Å². The first kappa shape index (κ1) is 22.8. The van der Waals surface area contributed by atoms with Crippen LogP contribution in [0.15, 0.2) is 42.7 Å². The Morgan fingerprint density at radius 3 is 2.31 bits per heavy atom. The molecule has 0 atom stereocenters. The van der Waals surface area contributed by atoms with E-state index in [9.17, 15) is 22.8 Å². The van der Waals surface area contributed by atoms with Gasteiger partial charge in [0, 0.05) is 6.20 Å². The van der Waals surface area contributed by atoms with Crippen LogP contribution in [0.1, 0.15) is 32.7 Å². The maximum absolute atomic E-state index is 12.7. The van der Waals surface area contributed by atoms with Crippen LogP contribution in [-0.4, -0.2) is 33.2 Å². The van der Waals surface area contributed by atoms with Crippen molar-refractivity contribution in [2.45, 2.75) is 26.9 Å². The monoisotopic (exact) mass is 447 g/mol. The molecule has 2 amide bonds. The molecule has 3 aromatic rings. The molecular weight excluding hydrogens is 427 g/mol. The van der Waals surface area contributed by atoms with Gasteiger partial charge < -0.3 is 4.74 Å². The van der Waals surface area contributed by atoms with E-state index in [1.807, 2.05) is 19.9 Å². The minimum atomic E-state index is -4.50. The molecular formula is C21H20F3N5O3. The highest BCUT2D eigenvalue weighted by Crippen LogP contribution is 2.28. The van der Waals surface area contributed by atoms with Crippen LogP contribution in [0, 0.1) is 20.8 Å². The van der Waals surface area contributed by atoms with E-state index >= 15 is 0 Å². The summed E-state index contributed by atoms with van der Waals surface area (Å²) >= 11 is 0. The van der Waals surface area contributed by atoms with E-state index in [4.69, 9.17) is 4.74 Å². The lowest BCUT2D eigenvalue weighted by atomic mass is 10.1.